The number of allylic oxidation sites excluding steroid dienone is 2. The van der Waals surface area contributed by atoms with Crippen LogP contribution in [0.1, 0.15) is 25.0 Å². The molecular weight excluding hydrogens is 561 g/mol. The standard InChI is InChI=1S/C33H30N5O2PS/c1-33(2)25-13-7-10-16-28(25)37(3)32(33)31-21-35-38(24-11-5-4-6-12-24)41(31,42)36-27-15-9-8-14-26(27)34-20-23-17-18-29-30(19-23)40-22-39-29/h4-21H,22H2,1-3H3,(H,36,42)/b32-31-,34-20?/t41-/m1/s1. The fourth-order valence-corrected chi connectivity index (χ4v) is 9.52. The molecule has 3 heterocycles. The molecule has 0 spiro atoms. The number of hydrogen-bond acceptors (Lipinski definition) is 6. The Balaban J connectivity index is 1.32. The molecule has 4 aromatic rings. The third-order valence-electron chi connectivity index (χ3n) is 7.90. The number of ether oxygens (including phenoxy) is 2. The Bertz CT molecular complexity index is 1840. The second-order valence-corrected chi connectivity index (χ2v) is 14.7. The average molecular weight is 592 g/mol. The number of nitrogens with one attached hydrogen (secondary N) is 1. The van der Waals surface area contributed by atoms with Crippen LogP contribution in [0, 0.1) is 0 Å². The molecule has 0 fully saturated rings. The van der Waals surface area contributed by atoms with Crippen molar-refractivity contribution in [3.8, 4) is 11.5 Å². The Morgan fingerprint density at radius 1 is 0.929 bits per heavy atom. The summed E-state index contributed by atoms with van der Waals surface area (Å²) in [6.07, 6.45) is 1.05. The maximum atomic E-state index is 6.70. The van der Waals surface area contributed by atoms with Crippen LogP contribution in [0.5, 0.6) is 11.5 Å². The lowest BCUT2D eigenvalue weighted by Crippen LogP contribution is -2.26. The fourth-order valence-electron chi connectivity index (χ4n) is 5.90. The fraction of sp³-hybridized carbons (Fsp3) is 0.152. The van der Waals surface area contributed by atoms with Crippen molar-refractivity contribution in [1.82, 2.24) is 0 Å². The van der Waals surface area contributed by atoms with Crippen LogP contribution >= 0.6 is 6.34 Å². The molecule has 1 atom stereocenters. The van der Waals surface area contributed by atoms with Crippen LogP contribution in [-0.2, 0) is 17.2 Å². The Kier molecular flexibility index (Phi) is 6.41. The molecule has 0 aliphatic carbocycles. The number of rotatable bonds is 5. The third-order valence-corrected chi connectivity index (χ3v) is 11.6. The van der Waals surface area contributed by atoms with E-state index in [9.17, 15) is 0 Å². The van der Waals surface area contributed by atoms with E-state index in [1.54, 1.807) is 0 Å². The molecule has 0 aromatic heterocycles. The van der Waals surface area contributed by atoms with Crippen LogP contribution in [0.2, 0.25) is 0 Å². The molecule has 0 unspecified atom stereocenters. The maximum Gasteiger partial charge on any atom is 0.231 e. The first-order chi connectivity index (χ1) is 20.4. The van der Waals surface area contributed by atoms with Crippen LogP contribution in [0.3, 0.4) is 0 Å². The van der Waals surface area contributed by atoms with Gasteiger partial charge in [0.2, 0.25) is 6.79 Å². The zero-order chi connectivity index (χ0) is 28.9. The van der Waals surface area contributed by atoms with Gasteiger partial charge < -0.3 is 19.5 Å². The Labute approximate surface area is 250 Å². The van der Waals surface area contributed by atoms with Crippen LogP contribution < -0.4 is 24.2 Å². The second kappa shape index (κ2) is 10.2. The quantitative estimate of drug-likeness (QED) is 0.187. The molecule has 7 rings (SSSR count). The van der Waals surface area contributed by atoms with E-state index in [0.717, 1.165) is 45.1 Å². The van der Waals surface area contributed by atoms with E-state index in [-0.39, 0.29) is 12.2 Å². The summed E-state index contributed by atoms with van der Waals surface area (Å²) in [6, 6.07) is 32.5. The van der Waals surface area contributed by atoms with Gasteiger partial charge in [0.1, 0.15) is 0 Å². The summed E-state index contributed by atoms with van der Waals surface area (Å²) >= 11 is 6.70. The van der Waals surface area contributed by atoms with E-state index in [2.05, 4.69) is 67.3 Å². The predicted molar refractivity (Wildman–Crippen MR) is 176 cm³/mol. The highest BCUT2D eigenvalue weighted by molar-refractivity contribution is 8.18. The second-order valence-electron chi connectivity index (χ2n) is 10.9. The number of para-hydroxylation sites is 4. The van der Waals surface area contributed by atoms with Crippen molar-refractivity contribution in [2.24, 2.45) is 10.1 Å². The minimum Gasteiger partial charge on any atom is -0.454 e. The van der Waals surface area contributed by atoms with Crippen LogP contribution in [0.25, 0.3) is 0 Å². The largest absolute Gasteiger partial charge is 0.454 e. The topological polar surface area (TPSA) is 61.7 Å². The van der Waals surface area contributed by atoms with Gasteiger partial charge in [-0.15, -0.1) is 0 Å². The van der Waals surface area contributed by atoms with Crippen molar-refractivity contribution in [3.63, 3.8) is 0 Å². The number of likely N-dealkylation sites (N-methyl/N-ethyl adjacent to an activating group) is 1. The van der Waals surface area contributed by atoms with Gasteiger partial charge in [-0.2, -0.15) is 5.10 Å². The van der Waals surface area contributed by atoms with E-state index >= 15 is 0 Å². The van der Waals surface area contributed by atoms with Crippen molar-refractivity contribution in [2.75, 3.05) is 28.6 Å². The minimum absolute atomic E-state index is 0.238. The van der Waals surface area contributed by atoms with Gasteiger partial charge in [0.05, 0.1) is 28.6 Å². The van der Waals surface area contributed by atoms with Gasteiger partial charge in [-0.05, 0) is 71.5 Å². The zero-order valence-electron chi connectivity index (χ0n) is 23.6. The van der Waals surface area contributed by atoms with Gasteiger partial charge in [0.25, 0.3) is 0 Å². The molecule has 0 radical (unpaired) electrons. The Hall–Kier alpha value is -4.39. The zero-order valence-corrected chi connectivity index (χ0v) is 25.3. The molecule has 210 valence electrons. The van der Waals surface area contributed by atoms with Gasteiger partial charge in [-0.1, -0.05) is 62.4 Å². The Morgan fingerprint density at radius 2 is 1.67 bits per heavy atom. The first-order valence-corrected chi connectivity index (χ1v) is 16.5. The lowest BCUT2D eigenvalue weighted by Gasteiger charge is -2.34. The summed E-state index contributed by atoms with van der Waals surface area (Å²) < 4.78 is 13.0. The number of aliphatic imine (C=N–C) groups is 1. The molecule has 4 aromatic carbocycles. The lowest BCUT2D eigenvalue weighted by molar-refractivity contribution is 0.174. The normalized spacial score (nSPS) is 21.8. The molecule has 42 heavy (non-hydrogen) atoms. The highest BCUT2D eigenvalue weighted by Crippen LogP contribution is 2.65. The van der Waals surface area contributed by atoms with E-state index in [4.69, 9.17) is 31.4 Å². The molecular formula is C33H30N5O2PS. The van der Waals surface area contributed by atoms with E-state index in [0.29, 0.717) is 0 Å². The van der Waals surface area contributed by atoms with Crippen molar-refractivity contribution in [3.05, 3.63) is 119 Å². The van der Waals surface area contributed by atoms with Gasteiger partial charge in [-0.3, -0.25) is 4.99 Å². The molecule has 7 nitrogen and oxygen atoms in total. The van der Waals surface area contributed by atoms with E-state index in [1.807, 2.05) is 77.9 Å². The highest BCUT2D eigenvalue weighted by Gasteiger charge is 2.46. The average Bonchev–Trinajstić information content (AvgIpc) is 3.66. The van der Waals surface area contributed by atoms with Gasteiger partial charge >= 0.3 is 0 Å². The monoisotopic (exact) mass is 591 g/mol. The Morgan fingerprint density at radius 3 is 2.50 bits per heavy atom. The molecule has 3 aliphatic rings. The molecule has 0 saturated carbocycles. The molecule has 1 N–H and O–H groups in total. The highest BCUT2D eigenvalue weighted by atomic mass is 32.4. The van der Waals surface area contributed by atoms with Crippen LogP contribution in [0.4, 0.5) is 22.7 Å². The van der Waals surface area contributed by atoms with Gasteiger partial charge in [0, 0.05) is 30.1 Å². The first kappa shape index (κ1) is 26.5. The number of benzene rings is 4. The summed E-state index contributed by atoms with van der Waals surface area (Å²) in [4.78, 5) is 7.15. The molecule has 9 heteroatoms. The van der Waals surface area contributed by atoms with Crippen molar-refractivity contribution >= 4 is 53.3 Å². The smallest absolute Gasteiger partial charge is 0.231 e. The van der Waals surface area contributed by atoms with Gasteiger partial charge in [0.15, 0.2) is 17.8 Å². The number of hydrogen-bond donors (Lipinski definition) is 1. The summed E-state index contributed by atoms with van der Waals surface area (Å²) in [6.45, 7) is 4.77. The summed E-state index contributed by atoms with van der Waals surface area (Å²) in [5, 5.41) is 9.78. The molecule has 0 saturated heterocycles. The number of fused-ring (bicyclic) bond motifs is 2. The maximum absolute atomic E-state index is 6.70. The number of anilines is 3. The molecule has 0 bridgehead atoms. The number of hydrazone groups is 1. The lowest BCUT2D eigenvalue weighted by atomic mass is 9.84. The first-order valence-electron chi connectivity index (χ1n) is 13.8. The predicted octanol–water partition coefficient (Wildman–Crippen LogP) is 8.03. The number of nitrogens with zero attached hydrogens (tertiary/aromatic N) is 4. The van der Waals surface area contributed by atoms with Crippen molar-refractivity contribution < 1.29 is 9.47 Å². The minimum atomic E-state index is -2.74. The van der Waals surface area contributed by atoms with Crippen molar-refractivity contribution in [1.29, 1.82) is 0 Å². The van der Waals surface area contributed by atoms with E-state index < -0.39 is 6.34 Å². The molecule has 0 amide bonds. The SMILES string of the molecule is CN1/C(=C2/C=NN(c3ccccc3)[P@]2(=S)Nc2ccccc2N=Cc2ccc3c(c2)OCO3)C(C)(C)c2ccccc21. The van der Waals surface area contributed by atoms with Crippen molar-refractivity contribution in [2.45, 2.75) is 19.3 Å². The molecule has 3 aliphatic heterocycles. The van der Waals surface area contributed by atoms with Gasteiger partial charge in [-0.25, -0.2) is 4.78 Å². The third kappa shape index (κ3) is 4.30. The van der Waals surface area contributed by atoms with E-state index in [1.165, 1.54) is 11.3 Å². The van der Waals surface area contributed by atoms with Crippen LogP contribution in [-0.4, -0.2) is 26.3 Å². The summed E-state index contributed by atoms with van der Waals surface area (Å²) in [7, 11) is 2.12. The van der Waals surface area contributed by atoms with Crippen LogP contribution in [0.15, 0.2) is 118 Å². The summed E-state index contributed by atoms with van der Waals surface area (Å²) in [5.74, 6) is 1.47. The summed E-state index contributed by atoms with van der Waals surface area (Å²) in [5.41, 5.74) is 6.85.